The number of nitrogens with zero attached hydrogens (tertiary/aromatic N) is 6. The number of benzene rings is 1. The van der Waals surface area contributed by atoms with Gasteiger partial charge in [0, 0.05) is 45.5 Å². The Hall–Kier alpha value is -2.80. The van der Waals surface area contributed by atoms with E-state index in [0.29, 0.717) is 22.8 Å². The number of rotatable bonds is 2. The second-order valence-electron chi connectivity index (χ2n) is 7.77. The first kappa shape index (κ1) is 17.3. The minimum absolute atomic E-state index is 0.0358. The van der Waals surface area contributed by atoms with Gasteiger partial charge in [-0.15, -0.1) is 5.10 Å². The molecule has 144 valence electrons. The third-order valence-corrected chi connectivity index (χ3v) is 6.13. The molecule has 7 heteroatoms. The minimum atomic E-state index is 0.0358. The summed E-state index contributed by atoms with van der Waals surface area (Å²) in [7, 11) is 1.80. The normalized spacial score (nSPS) is 20.3. The monoisotopic (exact) mass is 376 g/mol. The van der Waals surface area contributed by atoms with E-state index in [4.69, 9.17) is 0 Å². The molecule has 0 bridgehead atoms. The number of hydrogen-bond donors (Lipinski definition) is 0. The maximum Gasteiger partial charge on any atom is 0.255 e. The van der Waals surface area contributed by atoms with Crippen molar-refractivity contribution in [2.75, 3.05) is 26.2 Å². The molecule has 28 heavy (non-hydrogen) atoms. The molecule has 1 aromatic carbocycles. The summed E-state index contributed by atoms with van der Waals surface area (Å²) < 4.78 is 1.62. The van der Waals surface area contributed by atoms with Crippen molar-refractivity contribution in [3.8, 4) is 0 Å². The van der Waals surface area contributed by atoms with Crippen molar-refractivity contribution >= 4 is 17.1 Å². The minimum Gasteiger partial charge on any atom is -0.336 e. The molecule has 2 aromatic heterocycles. The molecular formula is C21H24N6O. The smallest absolute Gasteiger partial charge is 0.255 e. The van der Waals surface area contributed by atoms with Crippen molar-refractivity contribution in [3.05, 3.63) is 53.2 Å². The van der Waals surface area contributed by atoms with Gasteiger partial charge in [-0.1, -0.05) is 29.5 Å². The first-order chi connectivity index (χ1) is 13.7. The topological polar surface area (TPSA) is 67.2 Å². The molecule has 0 radical (unpaired) electrons. The van der Waals surface area contributed by atoms with E-state index in [-0.39, 0.29) is 5.91 Å². The summed E-state index contributed by atoms with van der Waals surface area (Å²) in [5.74, 6) is 0.0358. The van der Waals surface area contributed by atoms with Crippen LogP contribution in [0.5, 0.6) is 0 Å². The standard InChI is InChI=1S/C21H24N6O/c1-25-20-19(23-24-25)13-17(14-22-20)21(28)27-10-8-26(9-11-27)18-7-6-15-4-2-3-5-16(15)12-18/h2-5,13-14,18H,6-12H2,1H3/t18-/m0/s1. The van der Waals surface area contributed by atoms with Crippen LogP contribution in [0.2, 0.25) is 0 Å². The first-order valence-corrected chi connectivity index (χ1v) is 9.94. The average molecular weight is 376 g/mol. The third kappa shape index (κ3) is 3.05. The van der Waals surface area contributed by atoms with Gasteiger partial charge in [0.1, 0.15) is 5.52 Å². The van der Waals surface area contributed by atoms with Crippen LogP contribution >= 0.6 is 0 Å². The predicted molar refractivity (Wildman–Crippen MR) is 106 cm³/mol. The summed E-state index contributed by atoms with van der Waals surface area (Å²) in [5, 5.41) is 8.03. The fourth-order valence-electron chi connectivity index (χ4n) is 4.51. The fourth-order valence-corrected chi connectivity index (χ4v) is 4.51. The van der Waals surface area contributed by atoms with Crippen molar-refractivity contribution < 1.29 is 4.79 Å². The summed E-state index contributed by atoms with van der Waals surface area (Å²) in [5.41, 5.74) is 4.93. The quantitative estimate of drug-likeness (QED) is 0.681. The van der Waals surface area contributed by atoms with E-state index >= 15 is 0 Å². The fraction of sp³-hybridized carbons (Fsp3) is 0.429. The lowest BCUT2D eigenvalue weighted by Crippen LogP contribution is -2.53. The molecule has 1 aliphatic heterocycles. The van der Waals surface area contributed by atoms with Crippen LogP contribution < -0.4 is 0 Å². The van der Waals surface area contributed by atoms with Gasteiger partial charge in [0.2, 0.25) is 0 Å². The highest BCUT2D eigenvalue weighted by Crippen LogP contribution is 2.25. The van der Waals surface area contributed by atoms with E-state index in [2.05, 4.69) is 44.5 Å². The summed E-state index contributed by atoms with van der Waals surface area (Å²) in [6.07, 6.45) is 5.12. The van der Waals surface area contributed by atoms with Crippen molar-refractivity contribution in [3.63, 3.8) is 0 Å². The molecule has 1 atom stereocenters. The Bertz CT molecular complexity index is 1020. The second-order valence-corrected chi connectivity index (χ2v) is 7.77. The van der Waals surface area contributed by atoms with Crippen molar-refractivity contribution in [1.29, 1.82) is 0 Å². The van der Waals surface area contributed by atoms with Crippen LogP contribution in [0.15, 0.2) is 36.5 Å². The zero-order chi connectivity index (χ0) is 19.1. The Kier molecular flexibility index (Phi) is 4.31. The molecule has 2 aliphatic rings. The molecule has 3 aromatic rings. The Balaban J connectivity index is 1.23. The number of carbonyl (C=O) groups is 1. The molecule has 0 unspecified atom stereocenters. The number of amides is 1. The van der Waals surface area contributed by atoms with E-state index in [1.807, 2.05) is 4.90 Å². The largest absolute Gasteiger partial charge is 0.336 e. The van der Waals surface area contributed by atoms with Gasteiger partial charge in [0.15, 0.2) is 5.65 Å². The van der Waals surface area contributed by atoms with Crippen molar-refractivity contribution in [2.45, 2.75) is 25.3 Å². The number of fused-ring (bicyclic) bond motifs is 2. The second kappa shape index (κ2) is 6.98. The zero-order valence-corrected chi connectivity index (χ0v) is 16.1. The van der Waals surface area contributed by atoms with Gasteiger partial charge in [-0.25, -0.2) is 9.67 Å². The van der Waals surface area contributed by atoms with Crippen LogP contribution in [0.25, 0.3) is 11.2 Å². The Morgan fingerprint density at radius 2 is 1.89 bits per heavy atom. The Morgan fingerprint density at radius 3 is 2.71 bits per heavy atom. The van der Waals surface area contributed by atoms with Crippen LogP contribution in [0.1, 0.15) is 27.9 Å². The molecule has 0 spiro atoms. The molecule has 0 saturated carbocycles. The Morgan fingerprint density at radius 1 is 1.11 bits per heavy atom. The highest BCUT2D eigenvalue weighted by atomic mass is 16.2. The predicted octanol–water partition coefficient (Wildman–Crippen LogP) is 1.68. The summed E-state index contributed by atoms with van der Waals surface area (Å²) in [4.78, 5) is 21.8. The van der Waals surface area contributed by atoms with Gasteiger partial charge in [-0.3, -0.25) is 9.69 Å². The third-order valence-electron chi connectivity index (χ3n) is 6.13. The van der Waals surface area contributed by atoms with Crippen molar-refractivity contribution in [1.82, 2.24) is 29.8 Å². The van der Waals surface area contributed by atoms with E-state index in [1.54, 1.807) is 24.0 Å². The van der Waals surface area contributed by atoms with Gasteiger partial charge in [0.05, 0.1) is 5.56 Å². The molecular weight excluding hydrogens is 352 g/mol. The van der Waals surface area contributed by atoms with Gasteiger partial charge in [-0.05, 0) is 36.5 Å². The summed E-state index contributed by atoms with van der Waals surface area (Å²) >= 11 is 0. The molecule has 1 amide bonds. The van der Waals surface area contributed by atoms with Crippen LogP contribution in [0, 0.1) is 0 Å². The van der Waals surface area contributed by atoms with Crippen LogP contribution in [0.4, 0.5) is 0 Å². The molecule has 7 nitrogen and oxygen atoms in total. The maximum atomic E-state index is 12.9. The number of hydrogen-bond acceptors (Lipinski definition) is 5. The summed E-state index contributed by atoms with van der Waals surface area (Å²) in [6.45, 7) is 3.38. The molecule has 1 fully saturated rings. The SMILES string of the molecule is Cn1nnc2cc(C(=O)N3CCN([C@H]4CCc5ccccc5C4)CC3)cnc21. The van der Waals surface area contributed by atoms with Crippen LogP contribution in [-0.2, 0) is 19.9 Å². The maximum absolute atomic E-state index is 12.9. The molecule has 3 heterocycles. The first-order valence-electron chi connectivity index (χ1n) is 9.94. The molecule has 0 N–H and O–H groups in total. The number of aromatic nitrogens is 4. The van der Waals surface area contributed by atoms with Gasteiger partial charge in [-0.2, -0.15) is 0 Å². The van der Waals surface area contributed by atoms with Crippen molar-refractivity contribution in [2.24, 2.45) is 7.05 Å². The molecule has 1 aliphatic carbocycles. The highest BCUT2D eigenvalue weighted by molar-refractivity contribution is 5.96. The lowest BCUT2D eigenvalue weighted by Gasteiger charge is -2.41. The van der Waals surface area contributed by atoms with E-state index < -0.39 is 0 Å². The number of piperazine rings is 1. The summed E-state index contributed by atoms with van der Waals surface area (Å²) in [6, 6.07) is 11.2. The highest BCUT2D eigenvalue weighted by Gasteiger charge is 2.29. The number of pyridine rings is 1. The van der Waals surface area contributed by atoms with Gasteiger partial charge >= 0.3 is 0 Å². The zero-order valence-electron chi connectivity index (χ0n) is 16.1. The Labute approximate surface area is 164 Å². The lowest BCUT2D eigenvalue weighted by atomic mass is 9.87. The van der Waals surface area contributed by atoms with Crippen LogP contribution in [0.3, 0.4) is 0 Å². The van der Waals surface area contributed by atoms with E-state index in [1.165, 1.54) is 17.5 Å². The van der Waals surface area contributed by atoms with Crippen LogP contribution in [-0.4, -0.2) is 67.9 Å². The van der Waals surface area contributed by atoms with Gasteiger partial charge < -0.3 is 4.90 Å². The molecule has 1 saturated heterocycles. The number of aryl methyl sites for hydroxylation is 2. The van der Waals surface area contributed by atoms with E-state index in [9.17, 15) is 4.79 Å². The lowest BCUT2D eigenvalue weighted by molar-refractivity contribution is 0.0553. The molecule has 5 rings (SSSR count). The van der Waals surface area contributed by atoms with Gasteiger partial charge in [0.25, 0.3) is 5.91 Å². The number of carbonyl (C=O) groups excluding carboxylic acids is 1. The average Bonchev–Trinajstić information content (AvgIpc) is 3.13. The van der Waals surface area contributed by atoms with E-state index in [0.717, 1.165) is 39.0 Å².